The maximum atomic E-state index is 4.16. The van der Waals surface area contributed by atoms with Gasteiger partial charge in [0.15, 0.2) is 0 Å². The molecule has 14 heavy (non-hydrogen) atoms. The van der Waals surface area contributed by atoms with Crippen molar-refractivity contribution in [2.45, 2.75) is 44.9 Å². The zero-order valence-electron chi connectivity index (χ0n) is 9.43. The van der Waals surface area contributed by atoms with Gasteiger partial charge < -0.3 is 0 Å². The highest BCUT2D eigenvalue weighted by atomic mass is 14.3. The monoisotopic (exact) mass is 187 g/mol. The van der Waals surface area contributed by atoms with E-state index in [2.05, 4.69) is 45.9 Å². The Morgan fingerprint density at radius 1 is 1.21 bits per heavy atom. The van der Waals surface area contributed by atoms with E-state index in [1.165, 1.54) is 29.5 Å². The molecule has 0 heterocycles. The van der Waals surface area contributed by atoms with E-state index < -0.39 is 0 Å². The maximum Gasteiger partial charge on any atom is -0.0129 e. The van der Waals surface area contributed by atoms with Gasteiger partial charge in [-0.3, -0.25) is 0 Å². The van der Waals surface area contributed by atoms with Crippen LogP contribution in [0.4, 0.5) is 0 Å². The van der Waals surface area contributed by atoms with Crippen LogP contribution in [0.1, 0.15) is 56.2 Å². The van der Waals surface area contributed by atoms with E-state index in [4.69, 9.17) is 0 Å². The minimum atomic E-state index is 0.221. The van der Waals surface area contributed by atoms with Gasteiger partial charge in [0.25, 0.3) is 0 Å². The Morgan fingerprint density at radius 2 is 1.86 bits per heavy atom. The second-order valence-electron chi connectivity index (χ2n) is 5.44. The molecule has 1 fully saturated rings. The predicted octanol–water partition coefficient (Wildman–Crippen LogP) is 4.04. The van der Waals surface area contributed by atoms with Crippen LogP contribution in [0.5, 0.6) is 0 Å². The van der Waals surface area contributed by atoms with Gasteiger partial charge in [0.2, 0.25) is 0 Å². The molecule has 0 bridgehead atoms. The molecular formula is C14H19. The molecule has 75 valence electrons. The lowest BCUT2D eigenvalue weighted by Gasteiger charge is -2.22. The Hall–Kier alpha value is -0.780. The fourth-order valence-corrected chi connectivity index (χ4v) is 2.02. The van der Waals surface area contributed by atoms with Crippen LogP contribution in [0.3, 0.4) is 0 Å². The predicted molar refractivity (Wildman–Crippen MR) is 61.6 cm³/mol. The van der Waals surface area contributed by atoms with Crippen molar-refractivity contribution in [2.24, 2.45) is 0 Å². The molecule has 0 atom stereocenters. The molecule has 0 aromatic heterocycles. The zero-order valence-corrected chi connectivity index (χ0v) is 9.43. The first-order chi connectivity index (χ1) is 6.48. The molecule has 0 saturated heterocycles. The number of benzene rings is 1. The first-order valence-corrected chi connectivity index (χ1v) is 5.45. The van der Waals surface area contributed by atoms with Crippen LogP contribution in [0.2, 0.25) is 0 Å². The molecule has 2 rings (SSSR count). The smallest absolute Gasteiger partial charge is 0.0129 e. The standard InChI is InChI=1S/C14H19/c1-10-9-12(11-5-6-11)7-8-13(10)14(2,3)4/h7-9,11H,1,5-6H2,2-4H3. The van der Waals surface area contributed by atoms with E-state index in [0.29, 0.717) is 0 Å². The third-order valence-corrected chi connectivity index (χ3v) is 2.99. The average Bonchev–Trinajstić information content (AvgIpc) is 2.83. The van der Waals surface area contributed by atoms with Gasteiger partial charge in [-0.15, -0.1) is 0 Å². The summed E-state index contributed by atoms with van der Waals surface area (Å²) in [6, 6.07) is 6.82. The van der Waals surface area contributed by atoms with Crippen LogP contribution in [0.25, 0.3) is 0 Å². The third kappa shape index (κ3) is 1.84. The Morgan fingerprint density at radius 3 is 2.29 bits per heavy atom. The lowest BCUT2D eigenvalue weighted by atomic mass is 9.83. The number of rotatable bonds is 1. The van der Waals surface area contributed by atoms with Gasteiger partial charge in [-0.1, -0.05) is 39.0 Å². The molecule has 0 aliphatic heterocycles. The van der Waals surface area contributed by atoms with Gasteiger partial charge in [-0.2, -0.15) is 0 Å². The van der Waals surface area contributed by atoms with Gasteiger partial charge in [-0.25, -0.2) is 0 Å². The topological polar surface area (TPSA) is 0 Å². The molecule has 1 radical (unpaired) electrons. The Labute approximate surface area is 87.3 Å². The van der Waals surface area contributed by atoms with Crippen molar-refractivity contribution in [1.29, 1.82) is 0 Å². The normalized spacial score (nSPS) is 17.1. The first-order valence-electron chi connectivity index (χ1n) is 5.45. The highest BCUT2D eigenvalue weighted by molar-refractivity contribution is 5.40. The maximum absolute atomic E-state index is 4.16. The van der Waals surface area contributed by atoms with Crippen molar-refractivity contribution in [3.05, 3.63) is 41.8 Å². The Kier molecular flexibility index (Phi) is 2.17. The van der Waals surface area contributed by atoms with Crippen molar-refractivity contribution in [3.63, 3.8) is 0 Å². The molecule has 0 nitrogen and oxygen atoms in total. The van der Waals surface area contributed by atoms with Crippen molar-refractivity contribution in [2.75, 3.05) is 0 Å². The first kappa shape index (κ1) is 9.76. The Balaban J connectivity index is 2.35. The molecule has 0 unspecified atom stereocenters. The van der Waals surface area contributed by atoms with Crippen LogP contribution in [-0.4, -0.2) is 0 Å². The summed E-state index contributed by atoms with van der Waals surface area (Å²) in [5.74, 6) is 0.838. The molecule has 0 amide bonds. The summed E-state index contributed by atoms with van der Waals surface area (Å²) in [4.78, 5) is 0. The molecule has 0 spiro atoms. The molecule has 1 aromatic rings. The molecule has 1 aliphatic carbocycles. The SMILES string of the molecule is [CH2]c1cc(C2CC2)ccc1C(C)(C)C. The van der Waals surface area contributed by atoms with E-state index in [1.54, 1.807) is 0 Å². The zero-order chi connectivity index (χ0) is 10.3. The van der Waals surface area contributed by atoms with Gasteiger partial charge in [-0.05, 0) is 47.8 Å². The van der Waals surface area contributed by atoms with E-state index in [0.717, 1.165) is 5.92 Å². The van der Waals surface area contributed by atoms with Crippen molar-refractivity contribution in [3.8, 4) is 0 Å². The van der Waals surface area contributed by atoms with E-state index in [1.807, 2.05) is 0 Å². The fourth-order valence-electron chi connectivity index (χ4n) is 2.02. The van der Waals surface area contributed by atoms with E-state index in [-0.39, 0.29) is 5.41 Å². The van der Waals surface area contributed by atoms with Gasteiger partial charge >= 0.3 is 0 Å². The summed E-state index contributed by atoms with van der Waals surface area (Å²) in [7, 11) is 0. The molecule has 1 aromatic carbocycles. The van der Waals surface area contributed by atoms with Crippen molar-refractivity contribution in [1.82, 2.24) is 0 Å². The summed E-state index contributed by atoms with van der Waals surface area (Å²) < 4.78 is 0. The molecule has 1 aliphatic rings. The minimum absolute atomic E-state index is 0.221. The van der Waals surface area contributed by atoms with Crippen LogP contribution in [0, 0.1) is 6.92 Å². The number of hydrogen-bond donors (Lipinski definition) is 0. The van der Waals surface area contributed by atoms with Crippen LogP contribution >= 0.6 is 0 Å². The minimum Gasteiger partial charge on any atom is -0.0584 e. The highest BCUT2D eigenvalue weighted by Crippen LogP contribution is 2.41. The van der Waals surface area contributed by atoms with Crippen LogP contribution < -0.4 is 0 Å². The summed E-state index contributed by atoms with van der Waals surface area (Å²) in [5, 5.41) is 0. The molecule has 0 heteroatoms. The lowest BCUT2D eigenvalue weighted by molar-refractivity contribution is 0.587. The van der Waals surface area contributed by atoms with E-state index in [9.17, 15) is 0 Å². The summed E-state index contributed by atoms with van der Waals surface area (Å²) >= 11 is 0. The van der Waals surface area contributed by atoms with Gasteiger partial charge in [0, 0.05) is 0 Å². The van der Waals surface area contributed by atoms with Crippen molar-refractivity contribution < 1.29 is 0 Å². The largest absolute Gasteiger partial charge is 0.0584 e. The van der Waals surface area contributed by atoms with Crippen LogP contribution in [-0.2, 0) is 5.41 Å². The summed E-state index contributed by atoms with van der Waals surface area (Å²) in [6.45, 7) is 10.9. The van der Waals surface area contributed by atoms with Gasteiger partial charge in [0.05, 0.1) is 0 Å². The fraction of sp³-hybridized carbons (Fsp3) is 0.500. The second-order valence-corrected chi connectivity index (χ2v) is 5.44. The number of hydrogen-bond acceptors (Lipinski definition) is 0. The quantitative estimate of drug-likeness (QED) is 0.622. The van der Waals surface area contributed by atoms with Crippen LogP contribution in [0.15, 0.2) is 18.2 Å². The average molecular weight is 187 g/mol. The highest BCUT2D eigenvalue weighted by Gasteiger charge is 2.24. The molecule has 1 saturated carbocycles. The molecular weight excluding hydrogens is 168 g/mol. The summed E-state index contributed by atoms with van der Waals surface area (Å²) in [6.07, 6.45) is 2.74. The Bertz CT molecular complexity index is 338. The molecule has 0 N–H and O–H groups in total. The lowest BCUT2D eigenvalue weighted by Crippen LogP contribution is -2.13. The summed E-state index contributed by atoms with van der Waals surface area (Å²) in [5.41, 5.74) is 4.30. The van der Waals surface area contributed by atoms with Gasteiger partial charge in [0.1, 0.15) is 0 Å². The third-order valence-electron chi connectivity index (χ3n) is 2.99. The second kappa shape index (κ2) is 3.12. The van der Waals surface area contributed by atoms with E-state index >= 15 is 0 Å². The van der Waals surface area contributed by atoms with Crippen molar-refractivity contribution >= 4 is 0 Å².